The Kier molecular flexibility index (Phi) is 5.75. The first-order valence-electron chi connectivity index (χ1n) is 6.83. The SMILES string of the molecule is NNc1ncc(Br)cc1C(=O)NCCN1CCCCC1. The third-order valence-electron chi connectivity index (χ3n) is 3.40. The van der Waals surface area contributed by atoms with Crippen LogP contribution in [0.1, 0.15) is 29.6 Å². The number of carbonyl (C=O) groups is 1. The third kappa shape index (κ3) is 4.16. The highest BCUT2D eigenvalue weighted by molar-refractivity contribution is 9.10. The molecule has 7 heteroatoms. The summed E-state index contributed by atoms with van der Waals surface area (Å²) in [7, 11) is 0. The van der Waals surface area contributed by atoms with Crippen LogP contribution in [0.5, 0.6) is 0 Å². The maximum atomic E-state index is 12.1. The van der Waals surface area contributed by atoms with Crippen LogP contribution in [0, 0.1) is 0 Å². The number of nitrogen functional groups attached to an aromatic ring is 1. The minimum atomic E-state index is -0.163. The molecule has 0 spiro atoms. The number of nitrogens with two attached hydrogens (primary N) is 1. The Balaban J connectivity index is 1.86. The number of amides is 1. The molecule has 1 aromatic rings. The summed E-state index contributed by atoms with van der Waals surface area (Å²) < 4.78 is 0.748. The standard InChI is InChI=1S/C13H20BrN5O/c14-10-8-11(12(18-15)17-9-10)13(20)16-4-7-19-5-2-1-3-6-19/h8-9H,1-7,15H2,(H,16,20)(H,17,18). The zero-order valence-electron chi connectivity index (χ0n) is 11.4. The molecular formula is C13H20BrN5O. The molecule has 110 valence electrons. The van der Waals surface area contributed by atoms with E-state index in [4.69, 9.17) is 5.84 Å². The molecule has 0 saturated carbocycles. The van der Waals surface area contributed by atoms with Crippen LogP contribution in [-0.4, -0.2) is 42.0 Å². The van der Waals surface area contributed by atoms with Crippen molar-refractivity contribution in [1.82, 2.24) is 15.2 Å². The molecule has 1 saturated heterocycles. The van der Waals surface area contributed by atoms with Gasteiger partial charge in [0.15, 0.2) is 5.82 Å². The molecule has 20 heavy (non-hydrogen) atoms. The van der Waals surface area contributed by atoms with Crippen molar-refractivity contribution in [2.45, 2.75) is 19.3 Å². The zero-order valence-corrected chi connectivity index (χ0v) is 12.9. The summed E-state index contributed by atoms with van der Waals surface area (Å²) in [6.07, 6.45) is 5.42. The van der Waals surface area contributed by atoms with Crippen molar-refractivity contribution in [2.75, 3.05) is 31.6 Å². The van der Waals surface area contributed by atoms with E-state index in [9.17, 15) is 4.79 Å². The molecule has 0 unspecified atom stereocenters. The zero-order chi connectivity index (χ0) is 14.4. The molecule has 1 aromatic heterocycles. The van der Waals surface area contributed by atoms with Crippen LogP contribution in [0.3, 0.4) is 0 Å². The summed E-state index contributed by atoms with van der Waals surface area (Å²) >= 11 is 3.31. The highest BCUT2D eigenvalue weighted by atomic mass is 79.9. The van der Waals surface area contributed by atoms with Crippen LogP contribution in [0.2, 0.25) is 0 Å². The molecule has 0 aromatic carbocycles. The quantitative estimate of drug-likeness (QED) is 0.556. The predicted molar refractivity (Wildman–Crippen MR) is 82.4 cm³/mol. The maximum Gasteiger partial charge on any atom is 0.255 e. The van der Waals surface area contributed by atoms with Gasteiger partial charge in [-0.1, -0.05) is 6.42 Å². The van der Waals surface area contributed by atoms with E-state index >= 15 is 0 Å². The highest BCUT2D eigenvalue weighted by Crippen LogP contribution is 2.17. The van der Waals surface area contributed by atoms with Gasteiger partial charge in [-0.3, -0.25) is 4.79 Å². The lowest BCUT2D eigenvalue weighted by Crippen LogP contribution is -2.38. The maximum absolute atomic E-state index is 12.1. The lowest BCUT2D eigenvalue weighted by molar-refractivity contribution is 0.0947. The number of nitrogens with one attached hydrogen (secondary N) is 2. The molecule has 0 atom stereocenters. The Bertz CT molecular complexity index is 462. The summed E-state index contributed by atoms with van der Waals surface area (Å²) in [6.45, 7) is 3.78. The predicted octanol–water partition coefficient (Wildman–Crippen LogP) is 1.35. The van der Waals surface area contributed by atoms with Gasteiger partial charge in [0.1, 0.15) is 0 Å². The van der Waals surface area contributed by atoms with Gasteiger partial charge >= 0.3 is 0 Å². The molecule has 0 aliphatic carbocycles. The van der Waals surface area contributed by atoms with Crippen molar-refractivity contribution in [2.24, 2.45) is 5.84 Å². The molecule has 1 aliphatic rings. The van der Waals surface area contributed by atoms with Crippen molar-refractivity contribution in [3.63, 3.8) is 0 Å². The van der Waals surface area contributed by atoms with Gasteiger partial charge in [-0.2, -0.15) is 0 Å². The van der Waals surface area contributed by atoms with Crippen molar-refractivity contribution in [1.29, 1.82) is 0 Å². The first kappa shape index (κ1) is 15.2. The molecule has 1 amide bonds. The number of rotatable bonds is 5. The monoisotopic (exact) mass is 341 g/mol. The Morgan fingerprint density at radius 2 is 2.15 bits per heavy atom. The van der Waals surface area contributed by atoms with Gasteiger partial charge in [0.25, 0.3) is 5.91 Å². The number of pyridine rings is 1. The second kappa shape index (κ2) is 7.56. The molecule has 0 radical (unpaired) electrons. The number of anilines is 1. The van der Waals surface area contributed by atoms with E-state index in [0.717, 1.165) is 24.1 Å². The van der Waals surface area contributed by atoms with E-state index in [1.807, 2.05) is 0 Å². The van der Waals surface area contributed by atoms with E-state index < -0.39 is 0 Å². The van der Waals surface area contributed by atoms with Gasteiger partial charge in [0.05, 0.1) is 5.56 Å². The van der Waals surface area contributed by atoms with E-state index in [1.165, 1.54) is 19.3 Å². The number of hydrogen-bond donors (Lipinski definition) is 3. The lowest BCUT2D eigenvalue weighted by Gasteiger charge is -2.26. The molecule has 0 bridgehead atoms. The Hall–Kier alpha value is -1.18. The number of aromatic nitrogens is 1. The number of hydrazine groups is 1. The third-order valence-corrected chi connectivity index (χ3v) is 3.83. The van der Waals surface area contributed by atoms with Gasteiger partial charge in [0.2, 0.25) is 0 Å². The van der Waals surface area contributed by atoms with Gasteiger partial charge < -0.3 is 15.6 Å². The minimum absolute atomic E-state index is 0.163. The smallest absolute Gasteiger partial charge is 0.255 e. The van der Waals surface area contributed by atoms with Gasteiger partial charge in [0, 0.05) is 23.8 Å². The van der Waals surface area contributed by atoms with E-state index in [0.29, 0.717) is 17.9 Å². The summed E-state index contributed by atoms with van der Waals surface area (Å²) in [4.78, 5) is 18.6. The lowest BCUT2D eigenvalue weighted by atomic mass is 10.1. The Morgan fingerprint density at radius 1 is 1.40 bits per heavy atom. The fourth-order valence-electron chi connectivity index (χ4n) is 2.33. The van der Waals surface area contributed by atoms with Crippen molar-refractivity contribution in [3.8, 4) is 0 Å². The molecule has 6 nitrogen and oxygen atoms in total. The summed E-state index contributed by atoms with van der Waals surface area (Å²) in [5, 5.41) is 2.91. The molecule has 4 N–H and O–H groups in total. The average Bonchev–Trinajstić information content (AvgIpc) is 2.48. The fraction of sp³-hybridized carbons (Fsp3) is 0.538. The van der Waals surface area contributed by atoms with Crippen LogP contribution in [0.4, 0.5) is 5.82 Å². The normalized spacial score (nSPS) is 15.9. The van der Waals surface area contributed by atoms with Gasteiger partial charge in [-0.15, -0.1) is 0 Å². The molecule has 2 heterocycles. The largest absolute Gasteiger partial charge is 0.351 e. The van der Waals surface area contributed by atoms with Crippen LogP contribution in [-0.2, 0) is 0 Å². The molecule has 1 fully saturated rings. The first-order chi connectivity index (χ1) is 9.70. The van der Waals surface area contributed by atoms with Crippen molar-refractivity contribution < 1.29 is 4.79 Å². The number of carbonyl (C=O) groups excluding carboxylic acids is 1. The minimum Gasteiger partial charge on any atom is -0.351 e. The first-order valence-corrected chi connectivity index (χ1v) is 7.62. The topological polar surface area (TPSA) is 83.3 Å². The second-order valence-electron chi connectivity index (χ2n) is 4.85. The van der Waals surface area contributed by atoms with Crippen molar-refractivity contribution in [3.05, 3.63) is 22.3 Å². The van der Waals surface area contributed by atoms with E-state index in [2.05, 4.69) is 36.6 Å². The Morgan fingerprint density at radius 3 is 2.85 bits per heavy atom. The summed E-state index contributed by atoms with van der Waals surface area (Å²) in [5.74, 6) is 5.58. The van der Waals surface area contributed by atoms with Crippen molar-refractivity contribution >= 4 is 27.7 Å². The number of nitrogens with zero attached hydrogens (tertiary/aromatic N) is 2. The number of piperidine rings is 1. The van der Waals surface area contributed by atoms with E-state index in [-0.39, 0.29) is 5.91 Å². The Labute approximate surface area is 127 Å². The molecule has 2 rings (SSSR count). The molecular weight excluding hydrogens is 322 g/mol. The second-order valence-corrected chi connectivity index (χ2v) is 5.77. The number of likely N-dealkylation sites (tertiary alicyclic amines) is 1. The molecule has 1 aliphatic heterocycles. The van der Waals surface area contributed by atoms with Gasteiger partial charge in [-0.25, -0.2) is 10.8 Å². The number of hydrogen-bond acceptors (Lipinski definition) is 5. The van der Waals surface area contributed by atoms with Crippen LogP contribution in [0.25, 0.3) is 0 Å². The summed E-state index contributed by atoms with van der Waals surface area (Å²) in [5.41, 5.74) is 2.89. The van der Waals surface area contributed by atoms with Crippen LogP contribution < -0.4 is 16.6 Å². The summed E-state index contributed by atoms with van der Waals surface area (Å²) in [6, 6.07) is 1.71. The fourth-order valence-corrected chi connectivity index (χ4v) is 2.66. The van der Waals surface area contributed by atoms with Crippen LogP contribution in [0.15, 0.2) is 16.7 Å². The number of halogens is 1. The van der Waals surface area contributed by atoms with E-state index in [1.54, 1.807) is 12.3 Å². The van der Waals surface area contributed by atoms with Crippen LogP contribution >= 0.6 is 15.9 Å². The average molecular weight is 342 g/mol. The highest BCUT2D eigenvalue weighted by Gasteiger charge is 2.14. The van der Waals surface area contributed by atoms with Gasteiger partial charge in [-0.05, 0) is 47.9 Å².